The van der Waals surface area contributed by atoms with E-state index in [-0.39, 0.29) is 27.6 Å². The van der Waals surface area contributed by atoms with E-state index in [0.29, 0.717) is 11.5 Å². The summed E-state index contributed by atoms with van der Waals surface area (Å²) in [4.78, 5) is 20.8. The van der Waals surface area contributed by atoms with Crippen LogP contribution in [0.1, 0.15) is 20.7 Å². The van der Waals surface area contributed by atoms with E-state index in [1.807, 2.05) is 0 Å². The zero-order chi connectivity index (χ0) is 16.5. The van der Waals surface area contributed by atoms with Gasteiger partial charge in [0.2, 0.25) is 0 Å². The standard InChI is InChI=1S/2C8H8O3.Ni/c2*1-11-7-4-2-3-6(5-7)8(9)10;/h2*2-5H,1H3,(H,9,10);. The van der Waals surface area contributed by atoms with E-state index in [4.69, 9.17) is 19.7 Å². The monoisotopic (exact) mass is 362 g/mol. The number of hydrogen-bond donors (Lipinski definition) is 2. The predicted molar refractivity (Wildman–Crippen MR) is 79.9 cm³/mol. The zero-order valence-electron chi connectivity index (χ0n) is 12.5. The van der Waals surface area contributed by atoms with Crippen LogP contribution < -0.4 is 9.47 Å². The van der Waals surface area contributed by atoms with Crippen molar-refractivity contribution >= 4 is 11.9 Å². The summed E-state index contributed by atoms with van der Waals surface area (Å²) in [6.07, 6.45) is 0. The van der Waals surface area contributed by atoms with E-state index in [0.717, 1.165) is 0 Å². The minimum atomic E-state index is -0.941. The molecular weight excluding hydrogens is 347 g/mol. The normalized spacial score (nSPS) is 8.78. The van der Waals surface area contributed by atoms with Crippen molar-refractivity contribution in [2.75, 3.05) is 14.2 Å². The van der Waals surface area contributed by atoms with Crippen LogP contribution in [0.5, 0.6) is 11.5 Å². The van der Waals surface area contributed by atoms with Gasteiger partial charge in [-0.05, 0) is 36.4 Å². The van der Waals surface area contributed by atoms with Gasteiger partial charge in [0.15, 0.2) is 0 Å². The Kier molecular flexibility index (Phi) is 9.12. The Bertz CT molecular complexity index is 599. The minimum absolute atomic E-state index is 0. The van der Waals surface area contributed by atoms with Crippen LogP contribution >= 0.6 is 0 Å². The first-order valence-corrected chi connectivity index (χ1v) is 6.22. The molecule has 0 atom stereocenters. The molecule has 2 aromatic carbocycles. The summed E-state index contributed by atoms with van der Waals surface area (Å²) in [6.45, 7) is 0. The van der Waals surface area contributed by atoms with E-state index in [2.05, 4.69) is 0 Å². The molecule has 0 radical (unpaired) electrons. The van der Waals surface area contributed by atoms with E-state index in [1.165, 1.54) is 38.5 Å². The van der Waals surface area contributed by atoms with Gasteiger partial charge in [-0.1, -0.05) is 12.1 Å². The first kappa shape index (κ1) is 20.5. The van der Waals surface area contributed by atoms with E-state index >= 15 is 0 Å². The number of rotatable bonds is 4. The maximum absolute atomic E-state index is 10.4. The van der Waals surface area contributed by atoms with Gasteiger partial charge in [0.25, 0.3) is 0 Å². The third-order valence-electron chi connectivity index (χ3n) is 2.63. The quantitative estimate of drug-likeness (QED) is 0.812. The fraction of sp³-hybridized carbons (Fsp3) is 0.125. The Morgan fingerprint density at radius 1 is 0.783 bits per heavy atom. The number of aromatic carboxylic acids is 2. The second-order valence-electron chi connectivity index (χ2n) is 4.07. The molecule has 0 unspecified atom stereocenters. The summed E-state index contributed by atoms with van der Waals surface area (Å²) in [5.74, 6) is -0.761. The van der Waals surface area contributed by atoms with Crippen molar-refractivity contribution in [1.82, 2.24) is 0 Å². The molecule has 0 saturated heterocycles. The predicted octanol–water partition coefficient (Wildman–Crippen LogP) is 2.78. The molecule has 2 N–H and O–H groups in total. The number of carboxylic acids is 2. The van der Waals surface area contributed by atoms with Crippen molar-refractivity contribution in [3.63, 3.8) is 0 Å². The summed E-state index contributed by atoms with van der Waals surface area (Å²) in [5, 5.41) is 17.1. The number of carboxylic acid groups (broad SMARTS) is 2. The zero-order valence-corrected chi connectivity index (χ0v) is 13.5. The summed E-state index contributed by atoms with van der Waals surface area (Å²) >= 11 is 0. The van der Waals surface area contributed by atoms with Crippen LogP contribution in [-0.4, -0.2) is 36.4 Å². The van der Waals surface area contributed by atoms with Gasteiger partial charge >= 0.3 is 11.9 Å². The average Bonchev–Trinajstić information content (AvgIpc) is 2.55. The van der Waals surface area contributed by atoms with Crippen molar-refractivity contribution in [3.8, 4) is 11.5 Å². The summed E-state index contributed by atoms with van der Waals surface area (Å²) < 4.78 is 9.68. The van der Waals surface area contributed by atoms with Crippen LogP contribution in [0.2, 0.25) is 0 Å². The molecule has 0 bridgehead atoms. The Hall–Kier alpha value is -2.53. The number of methoxy groups -OCH3 is 2. The van der Waals surface area contributed by atoms with Gasteiger partial charge in [-0.15, -0.1) is 0 Å². The fourth-order valence-corrected chi connectivity index (χ4v) is 1.51. The van der Waals surface area contributed by atoms with Crippen LogP contribution in [0.25, 0.3) is 0 Å². The molecule has 0 aliphatic carbocycles. The molecule has 0 fully saturated rings. The molecule has 0 saturated carbocycles. The maximum Gasteiger partial charge on any atom is 0.335 e. The van der Waals surface area contributed by atoms with Crippen molar-refractivity contribution in [3.05, 3.63) is 59.7 Å². The van der Waals surface area contributed by atoms with Gasteiger partial charge in [-0.25, -0.2) is 9.59 Å². The Balaban J connectivity index is 0.000000403. The maximum atomic E-state index is 10.4. The first-order chi connectivity index (χ1) is 10.5. The molecule has 2 rings (SSSR count). The van der Waals surface area contributed by atoms with Crippen molar-refractivity contribution < 1.29 is 45.8 Å². The van der Waals surface area contributed by atoms with Gasteiger partial charge in [-0.3, -0.25) is 0 Å². The molecule has 0 heterocycles. The van der Waals surface area contributed by atoms with Crippen LogP contribution in [0.3, 0.4) is 0 Å². The number of benzene rings is 2. The molecule has 7 heteroatoms. The first-order valence-electron chi connectivity index (χ1n) is 6.22. The number of ether oxygens (including phenoxy) is 2. The molecule has 0 aromatic heterocycles. The summed E-state index contributed by atoms with van der Waals surface area (Å²) in [6, 6.07) is 12.7. The van der Waals surface area contributed by atoms with E-state index in [9.17, 15) is 9.59 Å². The molecule has 2 aromatic rings. The van der Waals surface area contributed by atoms with E-state index in [1.54, 1.807) is 24.3 Å². The molecule has 0 spiro atoms. The molecule has 23 heavy (non-hydrogen) atoms. The molecule has 0 aliphatic rings. The average molecular weight is 363 g/mol. The van der Waals surface area contributed by atoms with Gasteiger partial charge in [-0.2, -0.15) is 0 Å². The molecule has 126 valence electrons. The number of carbonyl (C=O) groups is 2. The van der Waals surface area contributed by atoms with Crippen LogP contribution in [0.4, 0.5) is 0 Å². The Labute approximate surface area is 143 Å². The van der Waals surface area contributed by atoms with Crippen molar-refractivity contribution in [2.45, 2.75) is 0 Å². The minimum Gasteiger partial charge on any atom is -0.497 e. The topological polar surface area (TPSA) is 93.1 Å². The molecule has 6 nitrogen and oxygen atoms in total. The largest absolute Gasteiger partial charge is 0.497 e. The second-order valence-corrected chi connectivity index (χ2v) is 4.07. The summed E-state index contributed by atoms with van der Waals surface area (Å²) in [7, 11) is 3.00. The Morgan fingerprint density at radius 2 is 1.13 bits per heavy atom. The van der Waals surface area contributed by atoms with Gasteiger partial charge in [0.1, 0.15) is 11.5 Å². The third kappa shape index (κ3) is 6.84. The van der Waals surface area contributed by atoms with Crippen LogP contribution in [-0.2, 0) is 16.5 Å². The van der Waals surface area contributed by atoms with Gasteiger partial charge < -0.3 is 19.7 Å². The smallest absolute Gasteiger partial charge is 0.335 e. The molecule has 0 amide bonds. The van der Waals surface area contributed by atoms with Crippen LogP contribution in [0.15, 0.2) is 48.5 Å². The van der Waals surface area contributed by atoms with E-state index < -0.39 is 11.9 Å². The summed E-state index contributed by atoms with van der Waals surface area (Å²) in [5.41, 5.74) is 0.480. The molecular formula is C16H16NiO6. The Morgan fingerprint density at radius 3 is 1.39 bits per heavy atom. The fourth-order valence-electron chi connectivity index (χ4n) is 1.51. The SMILES string of the molecule is COc1cccc(C(=O)O)c1.COc1cccc(C(=O)O)c1.[Ni]. The van der Waals surface area contributed by atoms with Crippen molar-refractivity contribution in [2.24, 2.45) is 0 Å². The van der Waals surface area contributed by atoms with Crippen molar-refractivity contribution in [1.29, 1.82) is 0 Å². The molecule has 0 aliphatic heterocycles. The van der Waals surface area contributed by atoms with Gasteiger partial charge in [0.05, 0.1) is 25.3 Å². The van der Waals surface area contributed by atoms with Crippen LogP contribution in [0, 0.1) is 0 Å². The number of hydrogen-bond acceptors (Lipinski definition) is 4. The third-order valence-corrected chi connectivity index (χ3v) is 2.63. The van der Waals surface area contributed by atoms with Gasteiger partial charge in [0, 0.05) is 16.5 Å². The second kappa shape index (κ2) is 10.2.